The third kappa shape index (κ3) is 3.80. The summed E-state index contributed by atoms with van der Waals surface area (Å²) in [6.45, 7) is 5.43. The molecule has 7 heteroatoms. The number of imidazole rings is 1. The van der Waals surface area contributed by atoms with Gasteiger partial charge in [0, 0.05) is 31.1 Å². The first-order valence-electron chi connectivity index (χ1n) is 10.2. The molecular weight excluding hydrogens is 391 g/mol. The number of anilines is 1. The number of hydrogen-bond donors (Lipinski definition) is 0. The second-order valence-corrected chi connectivity index (χ2v) is 8.04. The van der Waals surface area contributed by atoms with Crippen LogP contribution in [-0.4, -0.2) is 22.0 Å². The van der Waals surface area contributed by atoms with E-state index in [2.05, 4.69) is 18.4 Å². The van der Waals surface area contributed by atoms with Crippen LogP contribution in [0.25, 0.3) is 11.0 Å². The summed E-state index contributed by atoms with van der Waals surface area (Å²) in [5, 5.41) is 0. The molecule has 158 valence electrons. The molecule has 1 fully saturated rings. The van der Waals surface area contributed by atoms with Crippen LogP contribution in [0.5, 0.6) is 0 Å². The number of halogens is 3. The largest absolute Gasteiger partial charge is 0.416 e. The molecule has 0 unspecified atom stereocenters. The monoisotopic (exact) mass is 415 g/mol. The highest BCUT2D eigenvalue weighted by atomic mass is 19.4. The lowest BCUT2D eigenvalue weighted by molar-refractivity contribution is -0.137. The van der Waals surface area contributed by atoms with E-state index in [-0.39, 0.29) is 23.9 Å². The summed E-state index contributed by atoms with van der Waals surface area (Å²) in [5.74, 6) is 0.933. The molecule has 0 radical (unpaired) electrons. The van der Waals surface area contributed by atoms with Crippen molar-refractivity contribution in [3.8, 4) is 0 Å². The lowest BCUT2D eigenvalue weighted by atomic mass is 10.1. The molecule has 30 heavy (non-hydrogen) atoms. The summed E-state index contributed by atoms with van der Waals surface area (Å²) < 4.78 is 41.5. The van der Waals surface area contributed by atoms with Crippen molar-refractivity contribution < 1.29 is 18.0 Å². The van der Waals surface area contributed by atoms with Crippen LogP contribution in [0.4, 0.5) is 18.9 Å². The third-order valence-electron chi connectivity index (χ3n) is 5.85. The van der Waals surface area contributed by atoms with E-state index >= 15 is 0 Å². The Bertz CT molecular complexity index is 1070. The number of hydrogen-bond acceptors (Lipinski definition) is 2. The number of rotatable bonds is 5. The first-order valence-corrected chi connectivity index (χ1v) is 10.2. The van der Waals surface area contributed by atoms with Crippen LogP contribution in [-0.2, 0) is 17.5 Å². The molecule has 1 aliphatic heterocycles. The van der Waals surface area contributed by atoms with Crippen molar-refractivity contribution in [2.75, 3.05) is 11.4 Å². The van der Waals surface area contributed by atoms with Crippen LogP contribution >= 0.6 is 0 Å². The molecule has 0 spiro atoms. The van der Waals surface area contributed by atoms with Crippen molar-refractivity contribution in [2.45, 2.75) is 45.3 Å². The molecule has 1 aliphatic rings. The Labute approximate surface area is 173 Å². The minimum Gasteiger partial charge on any atom is -0.327 e. The molecule has 3 aromatic rings. The van der Waals surface area contributed by atoms with E-state index in [1.807, 2.05) is 24.3 Å². The minimum absolute atomic E-state index is 0.163. The fourth-order valence-corrected chi connectivity index (χ4v) is 4.02. The molecule has 0 saturated carbocycles. The quantitative estimate of drug-likeness (QED) is 0.542. The first-order chi connectivity index (χ1) is 14.3. The van der Waals surface area contributed by atoms with Crippen LogP contribution in [0.2, 0.25) is 0 Å². The van der Waals surface area contributed by atoms with Gasteiger partial charge in [-0.05, 0) is 36.2 Å². The molecular formula is C23H24F3N3O. The summed E-state index contributed by atoms with van der Waals surface area (Å²) >= 11 is 0. The highest BCUT2D eigenvalue weighted by Gasteiger charge is 2.36. The second-order valence-electron chi connectivity index (χ2n) is 8.04. The minimum atomic E-state index is -4.44. The van der Waals surface area contributed by atoms with Crippen molar-refractivity contribution in [3.05, 3.63) is 59.9 Å². The standard InChI is InChI=1S/C23H24F3N3O/c1-3-15(2)13-29-20-10-5-4-9-19(20)27-22(29)16-11-21(30)28(14-16)18-8-6-7-17(12-18)23(24,25)26/h4-10,12,15-16H,3,11,13-14H2,1-2H3/t15-,16+/m1/s1. The van der Waals surface area contributed by atoms with Gasteiger partial charge in [0.15, 0.2) is 0 Å². The molecule has 2 atom stereocenters. The fourth-order valence-electron chi connectivity index (χ4n) is 4.02. The second kappa shape index (κ2) is 7.78. The summed E-state index contributed by atoms with van der Waals surface area (Å²) in [6.07, 6.45) is -3.19. The van der Waals surface area contributed by atoms with Crippen LogP contribution in [0.3, 0.4) is 0 Å². The topological polar surface area (TPSA) is 38.1 Å². The molecule has 0 aliphatic carbocycles. The fraction of sp³-hybridized carbons (Fsp3) is 0.391. The van der Waals surface area contributed by atoms with E-state index in [1.165, 1.54) is 11.0 Å². The Hall–Kier alpha value is -2.83. The molecule has 4 rings (SSSR count). The summed E-state index contributed by atoms with van der Waals surface area (Å²) in [6, 6.07) is 12.8. The maximum atomic E-state index is 13.1. The smallest absolute Gasteiger partial charge is 0.327 e. The van der Waals surface area contributed by atoms with Crippen molar-refractivity contribution in [1.82, 2.24) is 9.55 Å². The number of alkyl halides is 3. The van der Waals surface area contributed by atoms with Crippen molar-refractivity contribution in [3.63, 3.8) is 0 Å². The predicted molar refractivity (Wildman–Crippen MR) is 110 cm³/mol. The van der Waals surface area contributed by atoms with Crippen molar-refractivity contribution in [1.29, 1.82) is 0 Å². The molecule has 2 heterocycles. The molecule has 1 saturated heterocycles. The number of carbonyl (C=O) groups excluding carboxylic acids is 1. The van der Waals surface area contributed by atoms with E-state index in [0.717, 1.165) is 42.0 Å². The first kappa shape index (κ1) is 20.4. The van der Waals surface area contributed by atoms with Crippen molar-refractivity contribution in [2.24, 2.45) is 5.92 Å². The lowest BCUT2D eigenvalue weighted by Gasteiger charge is -2.19. The molecule has 1 aromatic heterocycles. The van der Waals surface area contributed by atoms with Gasteiger partial charge >= 0.3 is 6.18 Å². The van der Waals surface area contributed by atoms with Gasteiger partial charge in [0.25, 0.3) is 0 Å². The van der Waals surface area contributed by atoms with Gasteiger partial charge in [-0.3, -0.25) is 4.79 Å². The zero-order valence-corrected chi connectivity index (χ0v) is 17.0. The van der Waals surface area contributed by atoms with E-state index in [0.29, 0.717) is 12.5 Å². The van der Waals surface area contributed by atoms with Gasteiger partial charge in [-0.25, -0.2) is 4.98 Å². The zero-order chi connectivity index (χ0) is 21.5. The van der Waals surface area contributed by atoms with Gasteiger partial charge in [0.2, 0.25) is 5.91 Å². The number of para-hydroxylation sites is 2. The van der Waals surface area contributed by atoms with Gasteiger partial charge < -0.3 is 9.47 Å². The van der Waals surface area contributed by atoms with Gasteiger partial charge in [-0.1, -0.05) is 38.5 Å². The van der Waals surface area contributed by atoms with E-state index in [4.69, 9.17) is 4.98 Å². The molecule has 1 amide bonds. The maximum Gasteiger partial charge on any atom is 0.416 e. The Morgan fingerprint density at radius 2 is 1.93 bits per heavy atom. The summed E-state index contributed by atoms with van der Waals surface area (Å²) in [4.78, 5) is 19.0. The number of benzene rings is 2. The zero-order valence-electron chi connectivity index (χ0n) is 17.0. The van der Waals surface area contributed by atoms with Crippen LogP contribution < -0.4 is 4.90 Å². The summed E-state index contributed by atoms with van der Waals surface area (Å²) in [5.41, 5.74) is 1.43. The highest BCUT2D eigenvalue weighted by molar-refractivity contribution is 5.96. The Morgan fingerprint density at radius 3 is 2.67 bits per heavy atom. The molecule has 2 aromatic carbocycles. The average molecular weight is 415 g/mol. The van der Waals surface area contributed by atoms with Crippen molar-refractivity contribution >= 4 is 22.6 Å². The van der Waals surface area contributed by atoms with Crippen LogP contribution in [0.1, 0.15) is 44.0 Å². The number of fused-ring (bicyclic) bond motifs is 1. The SMILES string of the molecule is CC[C@@H](C)Cn1c([C@H]2CC(=O)N(c3cccc(C(F)(F)F)c3)C2)nc2ccccc21. The number of amides is 1. The molecule has 0 N–H and O–H groups in total. The number of carbonyl (C=O) groups is 1. The molecule has 0 bridgehead atoms. The van der Waals surface area contributed by atoms with E-state index in [9.17, 15) is 18.0 Å². The van der Waals surface area contributed by atoms with Gasteiger partial charge in [0.1, 0.15) is 5.82 Å². The normalized spacial score (nSPS) is 18.4. The van der Waals surface area contributed by atoms with Crippen LogP contribution in [0, 0.1) is 5.92 Å². The average Bonchev–Trinajstić information content (AvgIpc) is 3.28. The van der Waals surface area contributed by atoms with E-state index < -0.39 is 11.7 Å². The Kier molecular flexibility index (Phi) is 5.30. The Balaban J connectivity index is 1.68. The summed E-state index contributed by atoms with van der Waals surface area (Å²) in [7, 11) is 0. The third-order valence-corrected chi connectivity index (χ3v) is 5.85. The number of nitrogens with zero attached hydrogens (tertiary/aromatic N) is 3. The lowest BCUT2D eigenvalue weighted by Crippen LogP contribution is -2.25. The maximum absolute atomic E-state index is 13.1. The Morgan fingerprint density at radius 1 is 1.17 bits per heavy atom. The van der Waals surface area contributed by atoms with Gasteiger partial charge in [-0.15, -0.1) is 0 Å². The predicted octanol–water partition coefficient (Wildman–Crippen LogP) is 5.62. The highest BCUT2D eigenvalue weighted by Crippen LogP contribution is 2.36. The molecule has 4 nitrogen and oxygen atoms in total. The number of aromatic nitrogens is 2. The van der Waals surface area contributed by atoms with Gasteiger partial charge in [0.05, 0.1) is 16.6 Å². The van der Waals surface area contributed by atoms with Gasteiger partial charge in [-0.2, -0.15) is 13.2 Å². The van der Waals surface area contributed by atoms with E-state index in [1.54, 1.807) is 6.07 Å². The van der Waals surface area contributed by atoms with Crippen LogP contribution in [0.15, 0.2) is 48.5 Å².